The number of hydrogen-bond acceptors (Lipinski definition) is 2. The second-order valence-electron chi connectivity index (χ2n) is 2.70. The number of nitro groups is 1. The molecule has 13 heavy (non-hydrogen) atoms. The minimum absolute atomic E-state index is 0.509. The number of nitro benzene ring substituents is 1. The standard InChI is InChI=1S/C9H8FNO2/c1-6(2)7-3-4-9(11(12)13)8(10)5-7/h3-5H,1H2,2H3. The maximum Gasteiger partial charge on any atom is 0.304 e. The van der Waals surface area contributed by atoms with Crippen LogP contribution in [-0.2, 0) is 0 Å². The predicted molar refractivity (Wildman–Crippen MR) is 47.8 cm³/mol. The maximum atomic E-state index is 13.0. The number of nitrogens with zero attached hydrogens (tertiary/aromatic N) is 1. The average Bonchev–Trinajstić information content (AvgIpc) is 2.03. The van der Waals surface area contributed by atoms with Crippen LogP contribution in [0.25, 0.3) is 5.57 Å². The first-order chi connectivity index (χ1) is 6.02. The Bertz CT molecular complexity index is 374. The summed E-state index contributed by atoms with van der Waals surface area (Å²) in [5.41, 5.74) is 0.738. The lowest BCUT2D eigenvalue weighted by Gasteiger charge is -1.99. The first kappa shape index (κ1) is 9.38. The van der Waals surface area contributed by atoms with Crippen molar-refractivity contribution in [2.24, 2.45) is 0 Å². The molecule has 0 aliphatic rings. The Morgan fingerprint density at radius 1 is 1.62 bits per heavy atom. The first-order valence-electron chi connectivity index (χ1n) is 3.62. The minimum atomic E-state index is -0.828. The van der Waals surface area contributed by atoms with Crippen molar-refractivity contribution in [3.8, 4) is 0 Å². The Morgan fingerprint density at radius 3 is 2.62 bits per heavy atom. The van der Waals surface area contributed by atoms with Gasteiger partial charge in [-0.2, -0.15) is 4.39 Å². The van der Waals surface area contributed by atoms with Crippen LogP contribution in [0.5, 0.6) is 0 Å². The summed E-state index contributed by atoms with van der Waals surface area (Å²) in [5.74, 6) is -0.828. The van der Waals surface area contributed by atoms with Gasteiger partial charge in [0, 0.05) is 6.07 Å². The van der Waals surface area contributed by atoms with Gasteiger partial charge in [0.25, 0.3) is 0 Å². The van der Waals surface area contributed by atoms with E-state index >= 15 is 0 Å². The summed E-state index contributed by atoms with van der Waals surface area (Å²) in [6, 6.07) is 3.73. The van der Waals surface area contributed by atoms with Gasteiger partial charge in [0.1, 0.15) is 0 Å². The van der Waals surface area contributed by atoms with Crippen molar-refractivity contribution in [3.63, 3.8) is 0 Å². The monoisotopic (exact) mass is 181 g/mol. The molecule has 0 radical (unpaired) electrons. The van der Waals surface area contributed by atoms with E-state index in [2.05, 4.69) is 6.58 Å². The SMILES string of the molecule is C=C(C)c1ccc([N+](=O)[O-])c(F)c1. The summed E-state index contributed by atoms with van der Waals surface area (Å²) >= 11 is 0. The van der Waals surface area contributed by atoms with E-state index in [-0.39, 0.29) is 0 Å². The summed E-state index contributed by atoms with van der Waals surface area (Å²) in [6.45, 7) is 5.31. The van der Waals surface area contributed by atoms with Crippen molar-refractivity contribution >= 4 is 11.3 Å². The van der Waals surface area contributed by atoms with Crippen molar-refractivity contribution in [2.75, 3.05) is 0 Å². The lowest BCUT2D eigenvalue weighted by Crippen LogP contribution is -1.93. The molecular formula is C9H8FNO2. The highest BCUT2D eigenvalue weighted by atomic mass is 19.1. The number of hydrogen-bond donors (Lipinski definition) is 0. The molecule has 0 aliphatic heterocycles. The normalized spacial score (nSPS) is 9.69. The smallest absolute Gasteiger partial charge is 0.258 e. The van der Waals surface area contributed by atoms with Gasteiger partial charge in [-0.1, -0.05) is 12.2 Å². The van der Waals surface area contributed by atoms with Crippen LogP contribution >= 0.6 is 0 Å². The third-order valence-electron chi connectivity index (χ3n) is 1.64. The van der Waals surface area contributed by atoms with E-state index in [1.54, 1.807) is 6.92 Å². The molecule has 0 unspecified atom stereocenters. The fourth-order valence-electron chi connectivity index (χ4n) is 0.920. The predicted octanol–water partition coefficient (Wildman–Crippen LogP) is 2.77. The molecule has 1 aromatic rings. The molecule has 0 fully saturated rings. The number of rotatable bonds is 2. The van der Waals surface area contributed by atoms with E-state index in [9.17, 15) is 14.5 Å². The zero-order chi connectivity index (χ0) is 10.0. The molecule has 0 bridgehead atoms. The summed E-state index contributed by atoms with van der Waals surface area (Å²) in [5, 5.41) is 10.2. The molecule has 0 spiro atoms. The van der Waals surface area contributed by atoms with E-state index < -0.39 is 16.4 Å². The molecule has 0 atom stereocenters. The molecule has 68 valence electrons. The first-order valence-corrected chi connectivity index (χ1v) is 3.62. The number of allylic oxidation sites excluding steroid dienone is 1. The highest BCUT2D eigenvalue weighted by molar-refractivity contribution is 5.62. The third kappa shape index (κ3) is 1.90. The van der Waals surface area contributed by atoms with Gasteiger partial charge in [-0.05, 0) is 24.6 Å². The Morgan fingerprint density at radius 2 is 2.23 bits per heavy atom. The summed E-state index contributed by atoms with van der Waals surface area (Å²) in [6.07, 6.45) is 0. The summed E-state index contributed by atoms with van der Waals surface area (Å²) in [7, 11) is 0. The molecule has 0 aromatic heterocycles. The zero-order valence-electron chi connectivity index (χ0n) is 7.08. The van der Waals surface area contributed by atoms with Crippen LogP contribution in [0.1, 0.15) is 12.5 Å². The summed E-state index contributed by atoms with van der Waals surface area (Å²) < 4.78 is 13.0. The van der Waals surface area contributed by atoms with E-state index in [1.807, 2.05) is 0 Å². The second kappa shape index (κ2) is 3.35. The van der Waals surface area contributed by atoms with Gasteiger partial charge in [0.15, 0.2) is 0 Å². The van der Waals surface area contributed by atoms with Gasteiger partial charge >= 0.3 is 5.69 Å². The molecule has 1 aromatic carbocycles. The van der Waals surface area contributed by atoms with Crippen LogP contribution in [0.4, 0.5) is 10.1 Å². The number of benzene rings is 1. The van der Waals surface area contributed by atoms with Crippen LogP contribution in [0, 0.1) is 15.9 Å². The highest BCUT2D eigenvalue weighted by Crippen LogP contribution is 2.21. The Labute approximate surface area is 74.7 Å². The maximum absolute atomic E-state index is 13.0. The lowest BCUT2D eigenvalue weighted by atomic mass is 10.1. The fourth-order valence-corrected chi connectivity index (χ4v) is 0.920. The van der Waals surface area contributed by atoms with Gasteiger partial charge in [0.05, 0.1) is 4.92 Å². The average molecular weight is 181 g/mol. The molecule has 0 aliphatic carbocycles. The van der Waals surface area contributed by atoms with Crippen LogP contribution < -0.4 is 0 Å². The molecule has 4 heteroatoms. The number of halogens is 1. The molecule has 3 nitrogen and oxygen atoms in total. The van der Waals surface area contributed by atoms with E-state index in [0.717, 1.165) is 12.1 Å². The van der Waals surface area contributed by atoms with E-state index in [4.69, 9.17) is 0 Å². The fraction of sp³-hybridized carbons (Fsp3) is 0.111. The quantitative estimate of drug-likeness (QED) is 0.520. The Hall–Kier alpha value is -1.71. The Balaban J connectivity index is 3.20. The van der Waals surface area contributed by atoms with Crippen LogP contribution in [0.3, 0.4) is 0 Å². The Kier molecular flexibility index (Phi) is 2.41. The largest absolute Gasteiger partial charge is 0.304 e. The van der Waals surface area contributed by atoms with Crippen molar-refractivity contribution in [3.05, 3.63) is 46.3 Å². The van der Waals surface area contributed by atoms with Crippen LogP contribution in [0.2, 0.25) is 0 Å². The molecule has 1 rings (SSSR count). The van der Waals surface area contributed by atoms with Crippen molar-refractivity contribution in [1.82, 2.24) is 0 Å². The van der Waals surface area contributed by atoms with Crippen molar-refractivity contribution in [2.45, 2.75) is 6.92 Å². The lowest BCUT2D eigenvalue weighted by molar-refractivity contribution is -0.387. The van der Waals surface area contributed by atoms with E-state index in [0.29, 0.717) is 11.1 Å². The molecular weight excluding hydrogens is 173 g/mol. The molecule has 0 amide bonds. The molecule has 0 N–H and O–H groups in total. The summed E-state index contributed by atoms with van der Waals surface area (Å²) in [4.78, 5) is 9.49. The highest BCUT2D eigenvalue weighted by Gasteiger charge is 2.13. The molecule has 0 saturated heterocycles. The van der Waals surface area contributed by atoms with Gasteiger partial charge < -0.3 is 0 Å². The zero-order valence-corrected chi connectivity index (χ0v) is 7.08. The van der Waals surface area contributed by atoms with Gasteiger partial charge in [-0.3, -0.25) is 10.1 Å². The van der Waals surface area contributed by atoms with E-state index in [1.165, 1.54) is 6.07 Å². The molecule has 0 saturated carbocycles. The van der Waals surface area contributed by atoms with Crippen LogP contribution in [0.15, 0.2) is 24.8 Å². The van der Waals surface area contributed by atoms with Crippen molar-refractivity contribution < 1.29 is 9.31 Å². The van der Waals surface area contributed by atoms with Crippen LogP contribution in [-0.4, -0.2) is 4.92 Å². The van der Waals surface area contributed by atoms with Gasteiger partial charge in [0.2, 0.25) is 5.82 Å². The van der Waals surface area contributed by atoms with Crippen molar-refractivity contribution in [1.29, 1.82) is 0 Å². The minimum Gasteiger partial charge on any atom is -0.258 e. The van der Waals surface area contributed by atoms with Gasteiger partial charge in [-0.25, -0.2) is 0 Å². The topological polar surface area (TPSA) is 43.1 Å². The third-order valence-corrected chi connectivity index (χ3v) is 1.64. The van der Waals surface area contributed by atoms with Gasteiger partial charge in [-0.15, -0.1) is 0 Å². The molecule has 0 heterocycles. The second-order valence-corrected chi connectivity index (χ2v) is 2.70.